The molecule has 0 aliphatic carbocycles. The molecule has 0 bridgehead atoms. The first kappa shape index (κ1) is 12.9. The Labute approximate surface area is 83.1 Å². The van der Waals surface area contributed by atoms with E-state index in [4.69, 9.17) is 4.74 Å². The highest BCUT2D eigenvalue weighted by molar-refractivity contribution is 4.74. The fraction of sp³-hybridized carbons (Fsp3) is 1.00. The average Bonchev–Trinajstić information content (AvgIpc) is 2.06. The quantitative estimate of drug-likeness (QED) is 0.661. The summed E-state index contributed by atoms with van der Waals surface area (Å²) >= 11 is 0. The summed E-state index contributed by atoms with van der Waals surface area (Å²) in [6.45, 7) is 12.5. The summed E-state index contributed by atoms with van der Waals surface area (Å²) in [5.74, 6) is 0. The van der Waals surface area contributed by atoms with Crippen LogP contribution in [0.1, 0.15) is 47.5 Å². The van der Waals surface area contributed by atoms with Crippen molar-refractivity contribution in [3.8, 4) is 0 Å². The predicted molar refractivity (Wildman–Crippen MR) is 58.1 cm³/mol. The standard InChI is InChI=1S/C11H25NO/c1-6-10(7-2)12-9-11(4,5)13-8-3/h10,12H,6-9H2,1-5H3. The fourth-order valence-corrected chi connectivity index (χ4v) is 1.41. The van der Waals surface area contributed by atoms with Crippen molar-refractivity contribution in [2.45, 2.75) is 59.1 Å². The summed E-state index contributed by atoms with van der Waals surface area (Å²) in [6.07, 6.45) is 2.39. The van der Waals surface area contributed by atoms with E-state index in [1.165, 1.54) is 12.8 Å². The van der Waals surface area contributed by atoms with Crippen molar-refractivity contribution >= 4 is 0 Å². The van der Waals surface area contributed by atoms with Crippen LogP contribution in [0.3, 0.4) is 0 Å². The minimum atomic E-state index is -0.0304. The third-order valence-corrected chi connectivity index (χ3v) is 2.34. The molecule has 0 aromatic heterocycles. The molecule has 0 atom stereocenters. The van der Waals surface area contributed by atoms with Crippen LogP contribution in [0, 0.1) is 0 Å². The maximum atomic E-state index is 5.61. The number of hydrogen-bond acceptors (Lipinski definition) is 2. The van der Waals surface area contributed by atoms with Crippen molar-refractivity contribution in [3.05, 3.63) is 0 Å². The van der Waals surface area contributed by atoms with Crippen LogP contribution in [0.25, 0.3) is 0 Å². The van der Waals surface area contributed by atoms with Crippen molar-refractivity contribution in [1.82, 2.24) is 5.32 Å². The minimum absolute atomic E-state index is 0.0304. The van der Waals surface area contributed by atoms with Crippen molar-refractivity contribution < 1.29 is 4.74 Å². The molecule has 0 heterocycles. The molecule has 0 aromatic carbocycles. The summed E-state index contributed by atoms with van der Waals surface area (Å²) in [7, 11) is 0. The molecule has 0 spiro atoms. The van der Waals surface area contributed by atoms with Gasteiger partial charge in [-0.15, -0.1) is 0 Å². The lowest BCUT2D eigenvalue weighted by molar-refractivity contribution is -0.0107. The molecule has 0 aliphatic rings. The van der Waals surface area contributed by atoms with E-state index in [1.54, 1.807) is 0 Å². The van der Waals surface area contributed by atoms with Gasteiger partial charge in [-0.05, 0) is 33.6 Å². The minimum Gasteiger partial charge on any atom is -0.375 e. The summed E-state index contributed by atoms with van der Waals surface area (Å²) in [5.41, 5.74) is -0.0304. The number of nitrogens with one attached hydrogen (secondary N) is 1. The van der Waals surface area contributed by atoms with E-state index in [9.17, 15) is 0 Å². The molecule has 80 valence electrons. The molecule has 0 radical (unpaired) electrons. The van der Waals surface area contributed by atoms with E-state index in [0.717, 1.165) is 13.2 Å². The Balaban J connectivity index is 3.71. The van der Waals surface area contributed by atoms with Gasteiger partial charge in [-0.2, -0.15) is 0 Å². The third kappa shape index (κ3) is 6.05. The molecular weight excluding hydrogens is 162 g/mol. The van der Waals surface area contributed by atoms with Crippen molar-refractivity contribution in [2.75, 3.05) is 13.2 Å². The molecule has 0 rings (SSSR count). The normalized spacial score (nSPS) is 12.5. The van der Waals surface area contributed by atoms with Crippen LogP contribution in [-0.2, 0) is 4.74 Å². The fourth-order valence-electron chi connectivity index (χ4n) is 1.41. The first-order valence-electron chi connectivity index (χ1n) is 5.43. The van der Waals surface area contributed by atoms with Crippen molar-refractivity contribution in [2.24, 2.45) is 0 Å². The molecule has 0 saturated carbocycles. The van der Waals surface area contributed by atoms with Crippen LogP contribution in [0.2, 0.25) is 0 Å². The van der Waals surface area contributed by atoms with Gasteiger partial charge in [-0.25, -0.2) is 0 Å². The van der Waals surface area contributed by atoms with Gasteiger partial charge in [0.2, 0.25) is 0 Å². The predicted octanol–water partition coefficient (Wildman–Crippen LogP) is 2.58. The smallest absolute Gasteiger partial charge is 0.0750 e. The van der Waals surface area contributed by atoms with Crippen LogP contribution in [0.4, 0.5) is 0 Å². The van der Waals surface area contributed by atoms with Gasteiger partial charge >= 0.3 is 0 Å². The molecule has 0 aliphatic heterocycles. The Morgan fingerprint density at radius 2 is 1.69 bits per heavy atom. The Bertz CT molecular complexity index is 119. The Morgan fingerprint density at radius 3 is 2.08 bits per heavy atom. The van der Waals surface area contributed by atoms with Gasteiger partial charge in [0.25, 0.3) is 0 Å². The lowest BCUT2D eigenvalue weighted by atomic mass is 10.1. The van der Waals surface area contributed by atoms with Crippen LogP contribution in [-0.4, -0.2) is 24.8 Å². The van der Waals surface area contributed by atoms with Gasteiger partial charge in [-0.3, -0.25) is 0 Å². The monoisotopic (exact) mass is 187 g/mol. The van der Waals surface area contributed by atoms with Crippen LogP contribution in [0.15, 0.2) is 0 Å². The maximum absolute atomic E-state index is 5.61. The molecule has 0 saturated heterocycles. The van der Waals surface area contributed by atoms with Crippen LogP contribution < -0.4 is 5.32 Å². The Kier molecular flexibility index (Phi) is 6.35. The second-order valence-electron chi connectivity index (χ2n) is 4.09. The third-order valence-electron chi connectivity index (χ3n) is 2.34. The van der Waals surface area contributed by atoms with Gasteiger partial charge in [0.15, 0.2) is 0 Å². The first-order valence-corrected chi connectivity index (χ1v) is 5.43. The molecule has 0 aromatic rings. The highest BCUT2D eigenvalue weighted by Crippen LogP contribution is 2.08. The maximum Gasteiger partial charge on any atom is 0.0750 e. The second kappa shape index (κ2) is 6.39. The summed E-state index contributed by atoms with van der Waals surface area (Å²) in [5, 5.41) is 3.52. The van der Waals surface area contributed by atoms with Gasteiger partial charge in [0.1, 0.15) is 0 Å². The van der Waals surface area contributed by atoms with Crippen LogP contribution in [0.5, 0.6) is 0 Å². The zero-order chi connectivity index (χ0) is 10.3. The SMILES string of the molecule is CCOC(C)(C)CNC(CC)CC. The zero-order valence-electron chi connectivity index (χ0n) is 9.81. The van der Waals surface area contributed by atoms with E-state index < -0.39 is 0 Å². The zero-order valence-corrected chi connectivity index (χ0v) is 9.81. The highest BCUT2D eigenvalue weighted by atomic mass is 16.5. The van der Waals surface area contributed by atoms with Gasteiger partial charge in [0.05, 0.1) is 5.60 Å². The first-order chi connectivity index (χ1) is 6.05. The second-order valence-corrected chi connectivity index (χ2v) is 4.09. The number of ether oxygens (including phenoxy) is 1. The topological polar surface area (TPSA) is 21.3 Å². The molecule has 0 amide bonds. The van der Waals surface area contributed by atoms with Gasteiger partial charge < -0.3 is 10.1 Å². The highest BCUT2D eigenvalue weighted by Gasteiger charge is 2.18. The molecule has 0 fully saturated rings. The molecule has 13 heavy (non-hydrogen) atoms. The van der Waals surface area contributed by atoms with E-state index in [0.29, 0.717) is 6.04 Å². The Morgan fingerprint density at radius 1 is 1.15 bits per heavy atom. The van der Waals surface area contributed by atoms with Gasteiger partial charge in [0, 0.05) is 19.2 Å². The average molecular weight is 187 g/mol. The van der Waals surface area contributed by atoms with E-state index >= 15 is 0 Å². The van der Waals surface area contributed by atoms with E-state index in [2.05, 4.69) is 33.0 Å². The molecular formula is C11H25NO. The van der Waals surface area contributed by atoms with Crippen molar-refractivity contribution in [3.63, 3.8) is 0 Å². The van der Waals surface area contributed by atoms with Gasteiger partial charge in [-0.1, -0.05) is 13.8 Å². The molecule has 2 heteroatoms. The summed E-state index contributed by atoms with van der Waals surface area (Å²) in [4.78, 5) is 0. The van der Waals surface area contributed by atoms with E-state index in [-0.39, 0.29) is 5.60 Å². The Hall–Kier alpha value is -0.0800. The number of rotatable bonds is 7. The largest absolute Gasteiger partial charge is 0.375 e. The van der Waals surface area contributed by atoms with Crippen LogP contribution >= 0.6 is 0 Å². The molecule has 1 N–H and O–H groups in total. The summed E-state index contributed by atoms with van der Waals surface area (Å²) in [6, 6.07) is 0.639. The molecule has 2 nitrogen and oxygen atoms in total. The lowest BCUT2D eigenvalue weighted by Gasteiger charge is -2.27. The lowest BCUT2D eigenvalue weighted by Crippen LogP contribution is -2.42. The molecule has 0 unspecified atom stereocenters. The summed E-state index contributed by atoms with van der Waals surface area (Å²) < 4.78 is 5.61. The van der Waals surface area contributed by atoms with E-state index in [1.807, 2.05) is 6.92 Å². The number of hydrogen-bond donors (Lipinski definition) is 1. The van der Waals surface area contributed by atoms with Crippen molar-refractivity contribution in [1.29, 1.82) is 0 Å².